The average Bonchev–Trinajstić information content (AvgIpc) is 2.49. The molecule has 2 aliphatic heterocycles. The molecule has 2 aliphatic rings. The highest BCUT2D eigenvalue weighted by Crippen LogP contribution is 2.23. The molecule has 0 saturated heterocycles. The van der Waals surface area contributed by atoms with Crippen LogP contribution in [0.2, 0.25) is 0 Å². The van der Waals surface area contributed by atoms with E-state index in [-0.39, 0.29) is 6.04 Å². The minimum atomic E-state index is 0.263. The Balaban J connectivity index is 1.71. The third-order valence-electron chi connectivity index (χ3n) is 3.72. The number of aryl methyl sites for hydroxylation is 1. The van der Waals surface area contributed by atoms with Crippen LogP contribution in [0.5, 0.6) is 0 Å². The van der Waals surface area contributed by atoms with Gasteiger partial charge in [-0.15, -0.1) is 0 Å². The van der Waals surface area contributed by atoms with Crippen LogP contribution in [0.4, 0.5) is 0 Å². The molecule has 1 aromatic carbocycles. The maximum Gasteiger partial charge on any atom is 0.0696 e. The van der Waals surface area contributed by atoms with E-state index >= 15 is 0 Å². The molecule has 0 spiro atoms. The predicted molar refractivity (Wildman–Crippen MR) is 84.1 cm³/mol. The van der Waals surface area contributed by atoms with Gasteiger partial charge in [-0.1, -0.05) is 54.1 Å². The molecule has 1 aromatic rings. The molecule has 2 nitrogen and oxygen atoms in total. The Labute approximate surface area is 120 Å². The van der Waals surface area contributed by atoms with Crippen molar-refractivity contribution in [3.05, 3.63) is 83.2 Å². The van der Waals surface area contributed by atoms with Crippen LogP contribution < -0.4 is 10.6 Å². The number of hydrogen-bond acceptors (Lipinski definition) is 2. The Morgan fingerprint density at radius 1 is 0.850 bits per heavy atom. The summed E-state index contributed by atoms with van der Waals surface area (Å²) >= 11 is 0. The van der Waals surface area contributed by atoms with Gasteiger partial charge in [0.2, 0.25) is 0 Å². The first kappa shape index (κ1) is 12.8. The standard InChI is InChI=1S/C18H20N2/c1-13-3-6-15(7-4-13)18-10-9-17(12-20-18)16-8-5-14(2)19-11-16/h3-12,14,18-20H,1-2H3. The van der Waals surface area contributed by atoms with Crippen LogP contribution in [0.15, 0.2) is 72.1 Å². The molecule has 0 saturated carbocycles. The van der Waals surface area contributed by atoms with Crippen LogP contribution in [-0.2, 0) is 0 Å². The van der Waals surface area contributed by atoms with E-state index in [4.69, 9.17) is 0 Å². The lowest BCUT2D eigenvalue weighted by atomic mass is 9.98. The Bertz CT molecular complexity index is 603. The van der Waals surface area contributed by atoms with Crippen molar-refractivity contribution in [3.8, 4) is 0 Å². The number of rotatable bonds is 2. The third kappa shape index (κ3) is 2.69. The second-order valence-corrected chi connectivity index (χ2v) is 5.43. The summed E-state index contributed by atoms with van der Waals surface area (Å²) in [5.74, 6) is 0. The fourth-order valence-corrected chi connectivity index (χ4v) is 2.40. The van der Waals surface area contributed by atoms with Gasteiger partial charge in [0.05, 0.1) is 6.04 Å². The summed E-state index contributed by atoms with van der Waals surface area (Å²) in [5, 5.41) is 6.79. The highest BCUT2D eigenvalue weighted by Gasteiger charge is 2.12. The van der Waals surface area contributed by atoms with E-state index in [9.17, 15) is 0 Å². The Morgan fingerprint density at radius 3 is 2.05 bits per heavy atom. The van der Waals surface area contributed by atoms with Gasteiger partial charge in [0.25, 0.3) is 0 Å². The van der Waals surface area contributed by atoms with E-state index in [2.05, 4.69) is 85.5 Å². The molecule has 2 N–H and O–H groups in total. The molecule has 0 fully saturated rings. The zero-order valence-electron chi connectivity index (χ0n) is 11.9. The molecule has 2 heteroatoms. The zero-order valence-corrected chi connectivity index (χ0v) is 11.9. The SMILES string of the molecule is Cc1ccc(C2C=CC(C3=CNC(C)C=C3)=CN2)cc1. The molecular formula is C18H20N2. The van der Waals surface area contributed by atoms with Crippen LogP contribution in [0, 0.1) is 6.92 Å². The molecule has 0 radical (unpaired) electrons. The molecule has 3 rings (SSSR count). The topological polar surface area (TPSA) is 24.1 Å². The molecule has 102 valence electrons. The Hall–Kier alpha value is -2.22. The summed E-state index contributed by atoms with van der Waals surface area (Å²) in [5.41, 5.74) is 5.02. The van der Waals surface area contributed by atoms with E-state index < -0.39 is 0 Å². The van der Waals surface area contributed by atoms with Gasteiger partial charge in [0, 0.05) is 18.4 Å². The summed E-state index contributed by atoms with van der Waals surface area (Å²) < 4.78 is 0. The fraction of sp³-hybridized carbons (Fsp3) is 0.222. The van der Waals surface area contributed by atoms with Gasteiger partial charge >= 0.3 is 0 Å². The molecule has 20 heavy (non-hydrogen) atoms. The maximum atomic E-state index is 3.46. The number of allylic oxidation sites excluding steroid dienone is 4. The molecule has 2 unspecified atom stereocenters. The van der Waals surface area contributed by atoms with Crippen molar-refractivity contribution in [2.75, 3.05) is 0 Å². The zero-order chi connectivity index (χ0) is 13.9. The molecule has 0 bridgehead atoms. The minimum Gasteiger partial charge on any atom is -0.384 e. The summed E-state index contributed by atoms with van der Waals surface area (Å²) in [4.78, 5) is 0. The van der Waals surface area contributed by atoms with Crippen molar-refractivity contribution in [2.24, 2.45) is 0 Å². The normalized spacial score (nSPS) is 24.5. The number of dihydropyridines is 2. The first-order chi connectivity index (χ1) is 9.72. The van der Waals surface area contributed by atoms with E-state index in [1.807, 2.05) is 0 Å². The maximum absolute atomic E-state index is 3.46. The summed E-state index contributed by atoms with van der Waals surface area (Å²) in [6.07, 6.45) is 12.9. The second kappa shape index (κ2) is 5.41. The minimum absolute atomic E-state index is 0.263. The van der Waals surface area contributed by atoms with Crippen LogP contribution >= 0.6 is 0 Å². The highest BCUT2D eigenvalue weighted by atomic mass is 14.9. The molecule has 2 heterocycles. The van der Waals surface area contributed by atoms with Gasteiger partial charge in [0.1, 0.15) is 0 Å². The van der Waals surface area contributed by atoms with Gasteiger partial charge in [0.15, 0.2) is 0 Å². The lowest BCUT2D eigenvalue weighted by molar-refractivity contribution is 0.734. The van der Waals surface area contributed by atoms with E-state index in [1.165, 1.54) is 22.3 Å². The quantitative estimate of drug-likeness (QED) is 0.854. The first-order valence-electron chi connectivity index (χ1n) is 7.08. The smallest absolute Gasteiger partial charge is 0.0696 e. The van der Waals surface area contributed by atoms with Crippen molar-refractivity contribution in [1.82, 2.24) is 10.6 Å². The fourth-order valence-electron chi connectivity index (χ4n) is 2.40. The van der Waals surface area contributed by atoms with E-state index in [1.54, 1.807) is 0 Å². The van der Waals surface area contributed by atoms with Crippen molar-refractivity contribution in [1.29, 1.82) is 0 Å². The van der Waals surface area contributed by atoms with Crippen molar-refractivity contribution >= 4 is 0 Å². The largest absolute Gasteiger partial charge is 0.384 e. The Morgan fingerprint density at radius 2 is 1.50 bits per heavy atom. The average molecular weight is 264 g/mol. The van der Waals surface area contributed by atoms with E-state index in [0.29, 0.717) is 6.04 Å². The van der Waals surface area contributed by atoms with Crippen molar-refractivity contribution in [2.45, 2.75) is 25.9 Å². The lowest BCUT2D eigenvalue weighted by Gasteiger charge is -2.21. The number of hydrogen-bond donors (Lipinski definition) is 2. The van der Waals surface area contributed by atoms with Crippen LogP contribution in [0.25, 0.3) is 0 Å². The third-order valence-corrected chi connectivity index (χ3v) is 3.72. The van der Waals surface area contributed by atoms with Crippen molar-refractivity contribution in [3.63, 3.8) is 0 Å². The highest BCUT2D eigenvalue weighted by molar-refractivity contribution is 5.49. The molecule has 2 atom stereocenters. The molecule has 0 aliphatic carbocycles. The molecule has 0 aromatic heterocycles. The van der Waals surface area contributed by atoms with Crippen LogP contribution in [-0.4, -0.2) is 6.04 Å². The molecular weight excluding hydrogens is 244 g/mol. The number of benzene rings is 1. The van der Waals surface area contributed by atoms with Crippen molar-refractivity contribution < 1.29 is 0 Å². The van der Waals surface area contributed by atoms with E-state index in [0.717, 1.165) is 0 Å². The van der Waals surface area contributed by atoms with Crippen LogP contribution in [0.3, 0.4) is 0 Å². The monoisotopic (exact) mass is 264 g/mol. The summed E-state index contributed by atoms with van der Waals surface area (Å²) in [6, 6.07) is 9.35. The second-order valence-electron chi connectivity index (χ2n) is 5.43. The van der Waals surface area contributed by atoms with Crippen LogP contribution in [0.1, 0.15) is 24.1 Å². The first-order valence-corrected chi connectivity index (χ1v) is 7.08. The summed E-state index contributed by atoms with van der Waals surface area (Å²) in [6.45, 7) is 4.25. The lowest BCUT2D eigenvalue weighted by Crippen LogP contribution is -2.22. The molecule has 0 amide bonds. The van der Waals surface area contributed by atoms with Gasteiger partial charge in [-0.25, -0.2) is 0 Å². The Kier molecular flexibility index (Phi) is 3.46. The number of nitrogens with one attached hydrogen (secondary N) is 2. The van der Waals surface area contributed by atoms with Gasteiger partial charge in [-0.05, 0) is 30.6 Å². The predicted octanol–water partition coefficient (Wildman–Crippen LogP) is 3.51. The van der Waals surface area contributed by atoms with Gasteiger partial charge in [-0.2, -0.15) is 0 Å². The van der Waals surface area contributed by atoms with Gasteiger partial charge < -0.3 is 10.6 Å². The summed E-state index contributed by atoms with van der Waals surface area (Å²) in [7, 11) is 0. The van der Waals surface area contributed by atoms with Gasteiger partial charge in [-0.3, -0.25) is 0 Å².